The van der Waals surface area contributed by atoms with E-state index in [9.17, 15) is 0 Å². The molecule has 0 aliphatic carbocycles. The van der Waals surface area contributed by atoms with Crippen LogP contribution in [0, 0.1) is 0 Å². The normalized spacial score (nSPS) is 11.4. The standard InChI is InChI=1S/2C62H42N2/c1-5-18-43(19-6-1)46-22-17-23-47(40-46)48-34-38-59-57(41-48)58-42-52(37-39-60(58)64(59)50-26-11-4-12-27-50)63(49-24-9-3-10-25-49)51-35-32-45(33-36-51)62-55-30-15-13-28-53(55)61(44-20-7-2-8-21-44)54-29-14-16-31-56(54)62;1-5-19-43(20-6-1)51-27-13-14-28-52(51)46-35-39-59-57(41-46)58-42-50(38-40-60(58)64(59)48-25-11-4-12-26-48)63(47-23-9-3-10-24-47)49-36-33-45(34-37-49)62-55-31-17-15-29-53(55)61(44-21-7-2-8-22-44)54-30-16-18-32-56(54)62/h2*1-42H. The van der Waals surface area contributed by atoms with E-state index in [0.717, 1.165) is 45.5 Å². The van der Waals surface area contributed by atoms with E-state index in [1.165, 1.54) is 176 Å². The molecule has 0 spiro atoms. The van der Waals surface area contributed by atoms with Crippen LogP contribution >= 0.6 is 0 Å². The minimum Gasteiger partial charge on any atom is -0.310 e. The van der Waals surface area contributed by atoms with Crippen molar-refractivity contribution < 1.29 is 0 Å². The largest absolute Gasteiger partial charge is 0.310 e. The zero-order chi connectivity index (χ0) is 84.8. The van der Waals surface area contributed by atoms with Gasteiger partial charge in [0.05, 0.1) is 22.1 Å². The molecule has 600 valence electrons. The average Bonchev–Trinajstić information content (AvgIpc) is 1.50. The molecule has 0 amide bonds. The van der Waals surface area contributed by atoms with Crippen LogP contribution in [0.5, 0.6) is 0 Å². The van der Waals surface area contributed by atoms with Gasteiger partial charge in [-0.25, -0.2) is 0 Å². The van der Waals surface area contributed by atoms with Crippen molar-refractivity contribution in [2.45, 2.75) is 0 Å². The first-order valence-corrected chi connectivity index (χ1v) is 44.0. The Labute approximate surface area is 744 Å². The zero-order valence-electron chi connectivity index (χ0n) is 70.3. The molecule has 128 heavy (non-hydrogen) atoms. The van der Waals surface area contributed by atoms with Gasteiger partial charge in [-0.1, -0.05) is 370 Å². The van der Waals surface area contributed by atoms with Gasteiger partial charge in [0.15, 0.2) is 0 Å². The summed E-state index contributed by atoms with van der Waals surface area (Å²) in [6.45, 7) is 0. The first kappa shape index (κ1) is 76.0. The number of hydrogen-bond donors (Lipinski definition) is 0. The minimum absolute atomic E-state index is 1.09. The molecule has 0 saturated heterocycles. The summed E-state index contributed by atoms with van der Waals surface area (Å²) < 4.78 is 4.80. The molecule has 0 aliphatic rings. The summed E-state index contributed by atoms with van der Waals surface area (Å²) in [6.07, 6.45) is 0. The van der Waals surface area contributed by atoms with E-state index in [4.69, 9.17) is 0 Å². The highest BCUT2D eigenvalue weighted by Gasteiger charge is 2.25. The van der Waals surface area contributed by atoms with Crippen molar-refractivity contribution in [1.82, 2.24) is 9.13 Å². The van der Waals surface area contributed by atoms with Gasteiger partial charge in [0.25, 0.3) is 0 Å². The smallest absolute Gasteiger partial charge is 0.0542 e. The first-order valence-electron chi connectivity index (χ1n) is 44.0. The van der Waals surface area contributed by atoms with Crippen molar-refractivity contribution in [1.29, 1.82) is 0 Å². The molecule has 24 aromatic rings. The molecule has 0 fully saturated rings. The SMILES string of the molecule is c1ccc(-c2cccc(-c3ccc4c(c3)c3cc(N(c5ccccc5)c5ccc(-c6c7ccccc7c(-c7ccccc7)c7ccccc67)cc5)ccc3n4-c3ccccc3)c2)cc1.c1ccc(-c2ccccc2-c2ccc3c(c2)c2cc(N(c4ccccc4)c4ccc(-c5c6ccccc6c(-c6ccccc6)c6ccccc56)cc4)ccc2n3-c2ccccc2)cc1. The lowest BCUT2D eigenvalue weighted by molar-refractivity contribution is 1.18. The van der Waals surface area contributed by atoms with Gasteiger partial charge < -0.3 is 18.9 Å². The molecule has 2 aromatic heterocycles. The Hall–Kier alpha value is -16.9. The summed E-state index contributed by atoms with van der Waals surface area (Å²) in [6, 6.07) is 185. The van der Waals surface area contributed by atoms with Crippen LogP contribution in [0.1, 0.15) is 0 Å². The molecule has 0 bridgehead atoms. The van der Waals surface area contributed by atoms with Crippen LogP contribution < -0.4 is 9.80 Å². The maximum absolute atomic E-state index is 2.40. The number of fused-ring (bicyclic) bond motifs is 10. The lowest BCUT2D eigenvalue weighted by Gasteiger charge is -2.26. The molecule has 4 heteroatoms. The Morgan fingerprint density at radius 3 is 0.719 bits per heavy atom. The van der Waals surface area contributed by atoms with Crippen LogP contribution in [0.15, 0.2) is 510 Å². The van der Waals surface area contributed by atoms with E-state index in [-0.39, 0.29) is 0 Å². The van der Waals surface area contributed by atoms with E-state index in [2.05, 4.69) is 529 Å². The fraction of sp³-hybridized carbons (Fsp3) is 0. The van der Waals surface area contributed by atoms with Gasteiger partial charge in [0.1, 0.15) is 0 Å². The van der Waals surface area contributed by atoms with Crippen LogP contribution in [0.4, 0.5) is 34.1 Å². The predicted molar refractivity (Wildman–Crippen MR) is 544 cm³/mol. The fourth-order valence-corrected chi connectivity index (χ4v) is 19.8. The summed E-state index contributed by atoms with van der Waals surface area (Å²) in [5, 5.41) is 14.8. The molecule has 22 aromatic carbocycles. The molecule has 0 N–H and O–H groups in total. The van der Waals surface area contributed by atoms with E-state index in [1.807, 2.05) is 0 Å². The molecule has 24 rings (SSSR count). The Kier molecular flexibility index (Phi) is 19.6. The number of hydrogen-bond acceptors (Lipinski definition) is 2. The summed E-state index contributed by atoms with van der Waals surface area (Å²) in [5.41, 5.74) is 33.1. The van der Waals surface area contributed by atoms with Gasteiger partial charge in [0, 0.05) is 67.0 Å². The average molecular weight is 1630 g/mol. The van der Waals surface area contributed by atoms with Crippen LogP contribution in [-0.4, -0.2) is 9.13 Å². The fourth-order valence-electron chi connectivity index (χ4n) is 19.8. The van der Waals surface area contributed by atoms with Gasteiger partial charge in [-0.15, -0.1) is 0 Å². The number of aromatic nitrogens is 2. The first-order chi connectivity index (χ1) is 63.5. The summed E-state index contributed by atoms with van der Waals surface area (Å²) in [5.74, 6) is 0. The predicted octanol–water partition coefficient (Wildman–Crippen LogP) is 34.5. The molecule has 0 aliphatic heterocycles. The number of anilines is 6. The summed E-state index contributed by atoms with van der Waals surface area (Å²) in [7, 11) is 0. The van der Waals surface area contributed by atoms with Crippen molar-refractivity contribution in [3.05, 3.63) is 510 Å². The lowest BCUT2D eigenvalue weighted by Crippen LogP contribution is -2.09. The monoisotopic (exact) mass is 1630 g/mol. The molecule has 0 atom stereocenters. The highest BCUT2D eigenvalue weighted by atomic mass is 15.1. The highest BCUT2D eigenvalue weighted by molar-refractivity contribution is 6.23. The zero-order valence-corrected chi connectivity index (χ0v) is 70.3. The quantitative estimate of drug-likeness (QED) is 0.0897. The van der Waals surface area contributed by atoms with Crippen LogP contribution in [0.3, 0.4) is 0 Å². The van der Waals surface area contributed by atoms with Crippen molar-refractivity contribution in [2.75, 3.05) is 9.80 Å². The molecule has 4 nitrogen and oxygen atoms in total. The summed E-state index contributed by atoms with van der Waals surface area (Å²) in [4.78, 5) is 4.77. The van der Waals surface area contributed by atoms with Gasteiger partial charge >= 0.3 is 0 Å². The molecular weight excluding hydrogens is 1550 g/mol. The van der Waals surface area contributed by atoms with Gasteiger partial charge in [-0.3, -0.25) is 0 Å². The van der Waals surface area contributed by atoms with E-state index >= 15 is 0 Å². The van der Waals surface area contributed by atoms with Crippen molar-refractivity contribution in [3.8, 4) is 100 Å². The molecule has 0 radical (unpaired) electrons. The minimum atomic E-state index is 1.09. The molecule has 0 unspecified atom stereocenters. The number of benzene rings is 22. The number of nitrogens with zero attached hydrogens (tertiary/aromatic N) is 4. The third-order valence-electron chi connectivity index (χ3n) is 25.5. The second-order valence-electron chi connectivity index (χ2n) is 32.9. The van der Waals surface area contributed by atoms with Crippen LogP contribution in [-0.2, 0) is 0 Å². The maximum Gasteiger partial charge on any atom is 0.0542 e. The van der Waals surface area contributed by atoms with Crippen molar-refractivity contribution in [2.24, 2.45) is 0 Å². The Morgan fingerprint density at radius 2 is 0.352 bits per heavy atom. The second-order valence-corrected chi connectivity index (χ2v) is 32.9. The molecular formula is C124H84N4. The Morgan fingerprint density at radius 1 is 0.125 bits per heavy atom. The summed E-state index contributed by atoms with van der Waals surface area (Å²) >= 11 is 0. The highest BCUT2D eigenvalue weighted by Crippen LogP contribution is 2.50. The lowest BCUT2D eigenvalue weighted by atomic mass is 9.86. The molecule has 0 saturated carbocycles. The van der Waals surface area contributed by atoms with Crippen LogP contribution in [0.25, 0.3) is 187 Å². The van der Waals surface area contributed by atoms with E-state index in [0.29, 0.717) is 0 Å². The number of para-hydroxylation sites is 4. The van der Waals surface area contributed by atoms with Gasteiger partial charge in [0.2, 0.25) is 0 Å². The third kappa shape index (κ3) is 13.8. The van der Waals surface area contributed by atoms with Crippen LogP contribution in [0.2, 0.25) is 0 Å². The van der Waals surface area contributed by atoms with E-state index < -0.39 is 0 Å². The Balaban J connectivity index is 0.000000146. The Bertz CT molecular complexity index is 8130. The van der Waals surface area contributed by atoms with Crippen molar-refractivity contribution >= 4 is 121 Å². The number of rotatable bonds is 16. The topological polar surface area (TPSA) is 16.3 Å². The van der Waals surface area contributed by atoms with Gasteiger partial charge in [-0.05, 0) is 272 Å². The van der Waals surface area contributed by atoms with Crippen molar-refractivity contribution in [3.63, 3.8) is 0 Å². The molecule has 2 heterocycles. The maximum atomic E-state index is 2.40. The third-order valence-corrected chi connectivity index (χ3v) is 25.5. The van der Waals surface area contributed by atoms with Gasteiger partial charge in [-0.2, -0.15) is 0 Å². The second kappa shape index (κ2) is 33.0. The van der Waals surface area contributed by atoms with E-state index in [1.54, 1.807) is 0 Å².